The SMILES string of the molecule is NC=O.Oc1cccc(O)c1. The molecule has 0 saturated heterocycles. The lowest BCUT2D eigenvalue weighted by Crippen LogP contribution is -1.82. The van der Waals surface area contributed by atoms with E-state index >= 15 is 0 Å². The molecular formula is C7H9NO3. The van der Waals surface area contributed by atoms with E-state index in [-0.39, 0.29) is 17.9 Å². The summed E-state index contributed by atoms with van der Waals surface area (Å²) in [4.78, 5) is 8.58. The van der Waals surface area contributed by atoms with Crippen LogP contribution in [0.2, 0.25) is 0 Å². The van der Waals surface area contributed by atoms with Gasteiger partial charge in [-0.25, -0.2) is 0 Å². The van der Waals surface area contributed by atoms with Crippen LogP contribution < -0.4 is 5.73 Å². The van der Waals surface area contributed by atoms with Gasteiger partial charge in [0.1, 0.15) is 11.5 Å². The van der Waals surface area contributed by atoms with Crippen molar-refractivity contribution in [3.63, 3.8) is 0 Å². The van der Waals surface area contributed by atoms with Gasteiger partial charge in [-0.3, -0.25) is 4.79 Å². The highest BCUT2D eigenvalue weighted by atomic mass is 16.3. The third-order valence-corrected chi connectivity index (χ3v) is 0.830. The molecule has 0 fully saturated rings. The molecule has 1 aromatic carbocycles. The summed E-state index contributed by atoms with van der Waals surface area (Å²) in [5.41, 5.74) is 4.17. The third kappa shape index (κ3) is 4.77. The minimum Gasteiger partial charge on any atom is -0.508 e. The molecule has 0 saturated carbocycles. The summed E-state index contributed by atoms with van der Waals surface area (Å²) in [6.07, 6.45) is 0.250. The van der Waals surface area contributed by atoms with Crippen molar-refractivity contribution < 1.29 is 15.0 Å². The lowest BCUT2D eigenvalue weighted by atomic mass is 10.3. The second kappa shape index (κ2) is 5.10. The normalized spacial score (nSPS) is 7.64. The first-order chi connectivity index (χ1) is 5.20. The van der Waals surface area contributed by atoms with Crippen LogP contribution in [0.5, 0.6) is 11.5 Å². The fourth-order valence-electron chi connectivity index (χ4n) is 0.493. The molecule has 0 heterocycles. The number of amides is 1. The first-order valence-electron chi connectivity index (χ1n) is 2.84. The van der Waals surface area contributed by atoms with Crippen molar-refractivity contribution in [1.29, 1.82) is 0 Å². The minimum absolute atomic E-state index is 0.0880. The van der Waals surface area contributed by atoms with Gasteiger partial charge in [0.15, 0.2) is 0 Å². The van der Waals surface area contributed by atoms with Crippen LogP contribution in [-0.4, -0.2) is 16.6 Å². The largest absolute Gasteiger partial charge is 0.508 e. The van der Waals surface area contributed by atoms with E-state index in [1.165, 1.54) is 18.2 Å². The van der Waals surface area contributed by atoms with Gasteiger partial charge in [-0.2, -0.15) is 0 Å². The number of carbonyl (C=O) groups excluding carboxylic acids is 1. The molecule has 4 N–H and O–H groups in total. The summed E-state index contributed by atoms with van der Waals surface area (Å²) in [6.45, 7) is 0. The highest BCUT2D eigenvalue weighted by Gasteiger charge is 1.85. The monoisotopic (exact) mass is 155 g/mol. The number of phenolic OH excluding ortho intramolecular Hbond substituents is 2. The Labute approximate surface area is 63.9 Å². The molecule has 1 amide bonds. The number of rotatable bonds is 0. The van der Waals surface area contributed by atoms with Crippen molar-refractivity contribution in [2.24, 2.45) is 5.73 Å². The smallest absolute Gasteiger partial charge is 0.204 e. The molecule has 1 rings (SSSR count). The molecule has 0 aliphatic heterocycles. The van der Waals surface area contributed by atoms with Crippen molar-refractivity contribution in [1.82, 2.24) is 0 Å². The van der Waals surface area contributed by atoms with E-state index in [1.54, 1.807) is 6.07 Å². The Morgan fingerprint density at radius 1 is 1.27 bits per heavy atom. The maximum absolute atomic E-state index is 8.65. The van der Waals surface area contributed by atoms with Crippen molar-refractivity contribution in [3.8, 4) is 11.5 Å². The molecular weight excluding hydrogens is 146 g/mol. The van der Waals surface area contributed by atoms with E-state index in [0.717, 1.165) is 0 Å². The van der Waals surface area contributed by atoms with Crippen molar-refractivity contribution in [2.45, 2.75) is 0 Å². The van der Waals surface area contributed by atoms with Gasteiger partial charge in [-0.05, 0) is 12.1 Å². The molecule has 4 heteroatoms. The lowest BCUT2D eigenvalue weighted by Gasteiger charge is -1.89. The standard InChI is InChI=1S/C6H6O2.CH3NO/c7-5-2-1-3-6(8)4-5;2-1-3/h1-4,7-8H;1H,(H2,2,3). The molecule has 0 radical (unpaired) electrons. The maximum Gasteiger partial charge on any atom is 0.204 e. The molecule has 0 bridgehead atoms. The Balaban J connectivity index is 0.000000292. The van der Waals surface area contributed by atoms with Crippen LogP contribution in [0, 0.1) is 0 Å². The maximum atomic E-state index is 8.65. The van der Waals surface area contributed by atoms with Crippen LogP contribution in [0.3, 0.4) is 0 Å². The van der Waals surface area contributed by atoms with E-state index < -0.39 is 0 Å². The lowest BCUT2D eigenvalue weighted by molar-refractivity contribution is -0.106. The second-order valence-corrected chi connectivity index (χ2v) is 1.66. The second-order valence-electron chi connectivity index (χ2n) is 1.66. The molecule has 60 valence electrons. The van der Waals surface area contributed by atoms with Crippen molar-refractivity contribution in [3.05, 3.63) is 24.3 Å². The zero-order valence-electron chi connectivity index (χ0n) is 5.77. The Kier molecular flexibility index (Phi) is 4.31. The summed E-state index contributed by atoms with van der Waals surface area (Å²) < 4.78 is 0. The first-order valence-corrected chi connectivity index (χ1v) is 2.84. The van der Waals surface area contributed by atoms with Gasteiger partial charge >= 0.3 is 0 Å². The van der Waals surface area contributed by atoms with Gasteiger partial charge in [0, 0.05) is 6.07 Å². The van der Waals surface area contributed by atoms with Gasteiger partial charge in [0.2, 0.25) is 6.41 Å². The Morgan fingerprint density at radius 3 is 1.82 bits per heavy atom. The van der Waals surface area contributed by atoms with E-state index in [2.05, 4.69) is 5.73 Å². The summed E-state index contributed by atoms with van der Waals surface area (Å²) in [5.74, 6) is 0.176. The van der Waals surface area contributed by atoms with E-state index in [0.29, 0.717) is 0 Å². The highest BCUT2D eigenvalue weighted by Crippen LogP contribution is 2.14. The number of benzene rings is 1. The Hall–Kier alpha value is -1.71. The van der Waals surface area contributed by atoms with Crippen molar-refractivity contribution >= 4 is 6.41 Å². The molecule has 11 heavy (non-hydrogen) atoms. The number of hydrogen-bond donors (Lipinski definition) is 3. The van der Waals surface area contributed by atoms with Crippen LogP contribution in [0.4, 0.5) is 0 Å². The van der Waals surface area contributed by atoms with Gasteiger partial charge < -0.3 is 15.9 Å². The molecule has 0 atom stereocenters. The third-order valence-electron chi connectivity index (χ3n) is 0.830. The molecule has 0 aliphatic carbocycles. The van der Waals surface area contributed by atoms with E-state index in [9.17, 15) is 0 Å². The summed E-state index contributed by atoms with van der Waals surface area (Å²) in [6, 6.07) is 5.85. The van der Waals surface area contributed by atoms with Crippen LogP contribution in [0.25, 0.3) is 0 Å². The van der Waals surface area contributed by atoms with Gasteiger partial charge in [0.25, 0.3) is 0 Å². The molecule has 1 aromatic rings. The van der Waals surface area contributed by atoms with Gasteiger partial charge in [-0.1, -0.05) is 6.07 Å². The summed E-state index contributed by atoms with van der Waals surface area (Å²) in [7, 11) is 0. The first kappa shape index (κ1) is 9.29. The number of aromatic hydroxyl groups is 2. The van der Waals surface area contributed by atoms with E-state index in [4.69, 9.17) is 15.0 Å². The number of primary amides is 1. The fraction of sp³-hybridized carbons (Fsp3) is 0. The molecule has 4 nitrogen and oxygen atoms in total. The number of hydrogen-bond acceptors (Lipinski definition) is 3. The Morgan fingerprint density at radius 2 is 1.64 bits per heavy atom. The van der Waals surface area contributed by atoms with Crippen LogP contribution in [-0.2, 0) is 4.79 Å². The number of carbonyl (C=O) groups is 1. The van der Waals surface area contributed by atoms with E-state index in [1.807, 2.05) is 0 Å². The van der Waals surface area contributed by atoms with Gasteiger partial charge in [0.05, 0.1) is 0 Å². The van der Waals surface area contributed by atoms with Crippen molar-refractivity contribution in [2.75, 3.05) is 0 Å². The highest BCUT2D eigenvalue weighted by molar-refractivity contribution is 5.42. The van der Waals surface area contributed by atoms with Crippen LogP contribution in [0.15, 0.2) is 24.3 Å². The molecule has 0 spiro atoms. The number of nitrogens with two attached hydrogens (primary N) is 1. The molecule has 0 unspecified atom stereocenters. The minimum atomic E-state index is 0.0880. The average molecular weight is 155 g/mol. The fourth-order valence-corrected chi connectivity index (χ4v) is 0.493. The average Bonchev–Trinajstić information content (AvgIpc) is 1.88. The molecule has 0 aromatic heterocycles. The van der Waals surface area contributed by atoms with Gasteiger partial charge in [-0.15, -0.1) is 0 Å². The zero-order chi connectivity index (χ0) is 8.69. The number of phenols is 2. The topological polar surface area (TPSA) is 83.6 Å². The van der Waals surface area contributed by atoms with Crippen LogP contribution >= 0.6 is 0 Å². The predicted molar refractivity (Wildman–Crippen MR) is 40.0 cm³/mol. The Bertz CT molecular complexity index is 207. The predicted octanol–water partition coefficient (Wildman–Crippen LogP) is 0.199. The summed E-state index contributed by atoms with van der Waals surface area (Å²) >= 11 is 0. The zero-order valence-corrected chi connectivity index (χ0v) is 5.77. The summed E-state index contributed by atoms with van der Waals surface area (Å²) in [5, 5.41) is 17.3. The molecule has 0 aliphatic rings. The quantitative estimate of drug-likeness (QED) is 0.468. The van der Waals surface area contributed by atoms with Crippen LogP contribution in [0.1, 0.15) is 0 Å².